The molecule has 1 aromatic heterocycles. The third-order valence-corrected chi connectivity index (χ3v) is 6.41. The molecule has 21 heavy (non-hydrogen) atoms. The first-order chi connectivity index (χ1) is 10.2. The molecule has 0 aromatic carbocycles. The molecule has 0 radical (unpaired) electrons. The van der Waals surface area contributed by atoms with Gasteiger partial charge >= 0.3 is 6.03 Å². The van der Waals surface area contributed by atoms with Gasteiger partial charge in [-0.1, -0.05) is 13.0 Å². The molecule has 0 spiro atoms. The lowest BCUT2D eigenvalue weighted by Gasteiger charge is -2.35. The predicted molar refractivity (Wildman–Crippen MR) is 90.2 cm³/mol. The van der Waals surface area contributed by atoms with Gasteiger partial charge in [-0.05, 0) is 37.0 Å². The van der Waals surface area contributed by atoms with E-state index in [4.69, 9.17) is 4.74 Å². The molecular formula is C15H24N2O2S2. The molecule has 0 saturated carbocycles. The zero-order valence-corrected chi connectivity index (χ0v) is 14.3. The van der Waals surface area contributed by atoms with Gasteiger partial charge in [-0.3, -0.25) is 0 Å². The van der Waals surface area contributed by atoms with Gasteiger partial charge in [-0.2, -0.15) is 11.8 Å². The molecule has 1 saturated heterocycles. The van der Waals surface area contributed by atoms with Crippen LogP contribution in [0.1, 0.15) is 37.1 Å². The summed E-state index contributed by atoms with van der Waals surface area (Å²) >= 11 is 3.52. The largest absolute Gasteiger partial charge is 0.381 e. The highest BCUT2D eigenvalue weighted by atomic mass is 32.2. The Morgan fingerprint density at radius 3 is 2.86 bits per heavy atom. The molecule has 4 nitrogen and oxygen atoms in total. The monoisotopic (exact) mass is 328 g/mol. The second-order valence-corrected chi connectivity index (χ2v) is 7.56. The van der Waals surface area contributed by atoms with Gasteiger partial charge in [0.2, 0.25) is 0 Å². The number of urea groups is 1. The molecule has 2 heterocycles. The second-order valence-electron chi connectivity index (χ2n) is 5.30. The summed E-state index contributed by atoms with van der Waals surface area (Å²) in [7, 11) is 0. The zero-order chi connectivity index (χ0) is 15.1. The first-order valence-electron chi connectivity index (χ1n) is 7.40. The van der Waals surface area contributed by atoms with Crippen LogP contribution in [0.3, 0.4) is 0 Å². The van der Waals surface area contributed by atoms with Gasteiger partial charge in [-0.15, -0.1) is 11.3 Å². The van der Waals surface area contributed by atoms with Crippen LogP contribution in [0.5, 0.6) is 0 Å². The van der Waals surface area contributed by atoms with Gasteiger partial charge < -0.3 is 15.4 Å². The standard InChI is InChI=1S/C15H24N2O2S2/c1-3-12(13-5-4-10-21-13)17-14(18)16-11-15(20-2)6-8-19-9-7-15/h4-5,10,12H,3,6-9,11H2,1-2H3,(H2,16,17,18). The van der Waals surface area contributed by atoms with E-state index in [1.54, 1.807) is 11.3 Å². The van der Waals surface area contributed by atoms with Crippen LogP contribution >= 0.6 is 23.1 Å². The number of ether oxygens (including phenoxy) is 1. The van der Waals surface area contributed by atoms with Crippen molar-refractivity contribution in [3.05, 3.63) is 22.4 Å². The van der Waals surface area contributed by atoms with E-state index >= 15 is 0 Å². The molecule has 1 aromatic rings. The van der Waals surface area contributed by atoms with E-state index in [0.29, 0.717) is 6.54 Å². The molecule has 1 aliphatic heterocycles. The highest BCUT2D eigenvalue weighted by Crippen LogP contribution is 2.33. The predicted octanol–water partition coefficient (Wildman–Crippen LogP) is 3.41. The van der Waals surface area contributed by atoms with Gasteiger partial charge in [-0.25, -0.2) is 4.79 Å². The lowest BCUT2D eigenvalue weighted by atomic mass is 9.99. The van der Waals surface area contributed by atoms with Crippen LogP contribution in [0.15, 0.2) is 17.5 Å². The van der Waals surface area contributed by atoms with E-state index in [1.807, 2.05) is 23.2 Å². The number of carbonyl (C=O) groups excluding carboxylic acids is 1. The van der Waals surface area contributed by atoms with Gasteiger partial charge in [0.15, 0.2) is 0 Å². The van der Waals surface area contributed by atoms with Gasteiger partial charge in [0.05, 0.1) is 6.04 Å². The minimum Gasteiger partial charge on any atom is -0.381 e. The average molecular weight is 329 g/mol. The molecule has 1 fully saturated rings. The Hall–Kier alpha value is -0.720. The number of thioether (sulfide) groups is 1. The van der Waals surface area contributed by atoms with E-state index in [0.717, 1.165) is 32.5 Å². The van der Waals surface area contributed by atoms with Crippen LogP contribution in [0.25, 0.3) is 0 Å². The first kappa shape index (κ1) is 16.6. The van der Waals surface area contributed by atoms with E-state index in [1.165, 1.54) is 4.88 Å². The van der Waals surface area contributed by atoms with Crippen molar-refractivity contribution >= 4 is 29.1 Å². The van der Waals surface area contributed by atoms with Crippen LogP contribution in [0.2, 0.25) is 0 Å². The second kappa shape index (κ2) is 8.06. The lowest BCUT2D eigenvalue weighted by Crippen LogP contribution is -2.47. The van der Waals surface area contributed by atoms with Crippen molar-refractivity contribution in [3.8, 4) is 0 Å². The number of hydrogen-bond donors (Lipinski definition) is 2. The van der Waals surface area contributed by atoms with Crippen molar-refractivity contribution in [1.29, 1.82) is 0 Å². The van der Waals surface area contributed by atoms with Crippen LogP contribution in [0.4, 0.5) is 4.79 Å². The maximum Gasteiger partial charge on any atom is 0.315 e. The molecule has 2 rings (SSSR count). The Bertz CT molecular complexity index is 431. The summed E-state index contributed by atoms with van der Waals surface area (Å²) in [6.07, 6.45) is 5.01. The fourth-order valence-corrected chi connectivity index (χ4v) is 4.16. The summed E-state index contributed by atoms with van der Waals surface area (Å²) in [6.45, 7) is 4.37. The molecule has 2 amide bonds. The van der Waals surface area contributed by atoms with Crippen molar-refractivity contribution in [2.45, 2.75) is 37.0 Å². The van der Waals surface area contributed by atoms with Crippen LogP contribution < -0.4 is 10.6 Å². The molecule has 118 valence electrons. The lowest BCUT2D eigenvalue weighted by molar-refractivity contribution is 0.0777. The van der Waals surface area contributed by atoms with E-state index < -0.39 is 0 Å². The van der Waals surface area contributed by atoms with Crippen molar-refractivity contribution < 1.29 is 9.53 Å². The Morgan fingerprint density at radius 1 is 1.52 bits per heavy atom. The number of amides is 2. The van der Waals surface area contributed by atoms with Crippen molar-refractivity contribution in [3.63, 3.8) is 0 Å². The van der Waals surface area contributed by atoms with Crippen LogP contribution in [0, 0.1) is 0 Å². The Balaban J connectivity index is 1.83. The van der Waals surface area contributed by atoms with E-state index in [9.17, 15) is 4.79 Å². The summed E-state index contributed by atoms with van der Waals surface area (Å²) < 4.78 is 5.55. The number of rotatable bonds is 6. The highest BCUT2D eigenvalue weighted by molar-refractivity contribution is 8.00. The molecule has 1 aliphatic rings. The maximum atomic E-state index is 12.2. The number of nitrogens with one attached hydrogen (secondary N) is 2. The van der Waals surface area contributed by atoms with Crippen LogP contribution in [-0.2, 0) is 4.74 Å². The minimum atomic E-state index is -0.0739. The van der Waals surface area contributed by atoms with Crippen molar-refractivity contribution in [2.75, 3.05) is 26.0 Å². The minimum absolute atomic E-state index is 0.0739. The molecule has 0 bridgehead atoms. The molecule has 2 N–H and O–H groups in total. The van der Waals surface area contributed by atoms with Gasteiger partial charge in [0.25, 0.3) is 0 Å². The maximum absolute atomic E-state index is 12.2. The average Bonchev–Trinajstić information content (AvgIpc) is 3.06. The highest BCUT2D eigenvalue weighted by Gasteiger charge is 2.32. The SMILES string of the molecule is CCC(NC(=O)NCC1(SC)CCOCC1)c1cccs1. The Morgan fingerprint density at radius 2 is 2.29 bits per heavy atom. The van der Waals surface area contributed by atoms with E-state index in [-0.39, 0.29) is 16.8 Å². The zero-order valence-electron chi connectivity index (χ0n) is 12.7. The third-order valence-electron chi connectivity index (χ3n) is 4.01. The molecule has 1 unspecified atom stereocenters. The topological polar surface area (TPSA) is 50.4 Å². The molecule has 6 heteroatoms. The molecular weight excluding hydrogens is 304 g/mol. The number of carbonyl (C=O) groups is 1. The quantitative estimate of drug-likeness (QED) is 0.841. The van der Waals surface area contributed by atoms with Crippen LogP contribution in [-0.4, -0.2) is 36.8 Å². The smallest absolute Gasteiger partial charge is 0.315 e. The summed E-state index contributed by atoms with van der Waals surface area (Å²) in [5.74, 6) is 0. The first-order valence-corrected chi connectivity index (χ1v) is 9.50. The summed E-state index contributed by atoms with van der Waals surface area (Å²) in [5.41, 5.74) is 0. The Labute approximate surface area is 135 Å². The third kappa shape index (κ3) is 4.63. The fraction of sp³-hybridized carbons (Fsp3) is 0.667. The Kier molecular flexibility index (Phi) is 6.39. The fourth-order valence-electron chi connectivity index (χ4n) is 2.51. The van der Waals surface area contributed by atoms with Crippen molar-refractivity contribution in [1.82, 2.24) is 10.6 Å². The normalized spacial score (nSPS) is 19.0. The van der Waals surface area contributed by atoms with Crippen molar-refractivity contribution in [2.24, 2.45) is 0 Å². The summed E-state index contributed by atoms with van der Waals surface area (Å²) in [5, 5.41) is 8.16. The van der Waals surface area contributed by atoms with Gasteiger partial charge in [0.1, 0.15) is 0 Å². The van der Waals surface area contributed by atoms with Gasteiger partial charge in [0, 0.05) is 29.4 Å². The molecule has 1 atom stereocenters. The summed E-state index contributed by atoms with van der Waals surface area (Å²) in [4.78, 5) is 13.4. The van der Waals surface area contributed by atoms with E-state index in [2.05, 4.69) is 29.9 Å². The number of thiophene rings is 1. The molecule has 0 aliphatic carbocycles. The number of hydrogen-bond acceptors (Lipinski definition) is 4. The summed E-state index contributed by atoms with van der Waals surface area (Å²) in [6, 6.07) is 4.12.